The van der Waals surface area contributed by atoms with Crippen LogP contribution in [0.3, 0.4) is 0 Å². The molecule has 8 heteroatoms. The minimum atomic E-state index is -1.02. The number of aromatic nitrogens is 3. The SMILES string of the molecule is Cc1ccc(-c2nnc(C3CCC(CNC(=O)c4ccc(F)c(F)c4)CC3)o2)cn1. The Morgan fingerprint density at radius 2 is 1.90 bits per heavy atom. The Labute approximate surface area is 172 Å². The monoisotopic (exact) mass is 412 g/mol. The Hall–Kier alpha value is -3.16. The number of nitrogens with one attached hydrogen (secondary N) is 1. The summed E-state index contributed by atoms with van der Waals surface area (Å²) in [6.45, 7) is 2.41. The summed E-state index contributed by atoms with van der Waals surface area (Å²) in [4.78, 5) is 16.4. The largest absolute Gasteiger partial charge is 0.420 e. The van der Waals surface area contributed by atoms with Crippen molar-refractivity contribution in [3.8, 4) is 11.5 Å². The van der Waals surface area contributed by atoms with Crippen LogP contribution in [0.1, 0.15) is 53.5 Å². The highest BCUT2D eigenvalue weighted by molar-refractivity contribution is 5.94. The van der Waals surface area contributed by atoms with E-state index in [0.29, 0.717) is 24.2 Å². The molecule has 1 aromatic carbocycles. The minimum Gasteiger partial charge on any atom is -0.420 e. The van der Waals surface area contributed by atoms with Gasteiger partial charge in [0.25, 0.3) is 5.91 Å². The normalized spacial score (nSPS) is 18.9. The number of amides is 1. The standard InChI is InChI=1S/C22H22F2N4O2/c1-13-2-5-17(12-25-13)22-28-27-21(30-22)15-6-3-14(4-7-15)11-26-20(29)16-8-9-18(23)19(24)10-16/h2,5,8-10,12,14-15H,3-4,6-7,11H2,1H3,(H,26,29). The number of halogens is 2. The van der Waals surface area contributed by atoms with Crippen molar-refractivity contribution in [3.05, 3.63) is 65.3 Å². The lowest BCUT2D eigenvalue weighted by Crippen LogP contribution is -2.31. The van der Waals surface area contributed by atoms with Crippen molar-refractivity contribution in [3.63, 3.8) is 0 Å². The molecule has 4 rings (SSSR count). The Kier molecular flexibility index (Phi) is 5.83. The molecule has 0 saturated heterocycles. The zero-order valence-electron chi connectivity index (χ0n) is 16.6. The van der Waals surface area contributed by atoms with E-state index in [1.807, 2.05) is 19.1 Å². The van der Waals surface area contributed by atoms with Crippen LogP contribution in [0.25, 0.3) is 11.5 Å². The van der Waals surface area contributed by atoms with Gasteiger partial charge in [0, 0.05) is 29.9 Å². The van der Waals surface area contributed by atoms with E-state index in [-0.39, 0.29) is 11.5 Å². The number of rotatable bonds is 5. The van der Waals surface area contributed by atoms with Crippen molar-refractivity contribution in [2.75, 3.05) is 6.54 Å². The molecule has 2 aromatic heterocycles. The van der Waals surface area contributed by atoms with Gasteiger partial charge in [-0.25, -0.2) is 8.78 Å². The lowest BCUT2D eigenvalue weighted by atomic mass is 9.82. The van der Waals surface area contributed by atoms with Crippen LogP contribution in [0.2, 0.25) is 0 Å². The molecule has 1 N–H and O–H groups in total. The number of aryl methyl sites for hydroxylation is 1. The fraction of sp³-hybridized carbons (Fsp3) is 0.364. The first-order chi connectivity index (χ1) is 14.5. The van der Waals surface area contributed by atoms with Crippen LogP contribution >= 0.6 is 0 Å². The summed E-state index contributed by atoms with van der Waals surface area (Å²) in [6, 6.07) is 6.96. The van der Waals surface area contributed by atoms with Crippen LogP contribution in [0.4, 0.5) is 8.78 Å². The van der Waals surface area contributed by atoms with Crippen LogP contribution in [0, 0.1) is 24.5 Å². The summed E-state index contributed by atoms with van der Waals surface area (Å²) >= 11 is 0. The minimum absolute atomic E-state index is 0.117. The summed E-state index contributed by atoms with van der Waals surface area (Å²) in [5.74, 6) is -0.768. The van der Waals surface area contributed by atoms with E-state index in [2.05, 4.69) is 20.5 Å². The highest BCUT2D eigenvalue weighted by Gasteiger charge is 2.27. The smallest absolute Gasteiger partial charge is 0.251 e. The topological polar surface area (TPSA) is 80.9 Å². The van der Waals surface area contributed by atoms with E-state index in [9.17, 15) is 13.6 Å². The Bertz CT molecular complexity index is 1030. The predicted octanol–water partition coefficient (Wildman–Crippen LogP) is 4.42. The van der Waals surface area contributed by atoms with Gasteiger partial charge in [0.2, 0.25) is 11.8 Å². The van der Waals surface area contributed by atoms with Gasteiger partial charge in [-0.05, 0) is 68.9 Å². The summed E-state index contributed by atoms with van der Waals surface area (Å²) in [6.07, 6.45) is 5.32. The first-order valence-corrected chi connectivity index (χ1v) is 9.99. The number of hydrogen-bond acceptors (Lipinski definition) is 5. The van der Waals surface area contributed by atoms with Crippen LogP contribution in [0.15, 0.2) is 40.9 Å². The van der Waals surface area contributed by atoms with Crippen LogP contribution in [0.5, 0.6) is 0 Å². The molecule has 6 nitrogen and oxygen atoms in total. The van der Waals surface area contributed by atoms with Crippen LogP contribution in [-0.2, 0) is 0 Å². The number of carbonyl (C=O) groups is 1. The molecular formula is C22H22F2N4O2. The van der Waals surface area contributed by atoms with E-state index in [1.54, 1.807) is 6.20 Å². The zero-order chi connectivity index (χ0) is 21.1. The van der Waals surface area contributed by atoms with Gasteiger partial charge in [-0.15, -0.1) is 10.2 Å². The molecule has 0 spiro atoms. The van der Waals surface area contributed by atoms with Crippen LogP contribution in [-0.4, -0.2) is 27.6 Å². The van der Waals surface area contributed by atoms with Gasteiger partial charge in [0.05, 0.1) is 5.56 Å². The molecule has 156 valence electrons. The summed E-state index contributed by atoms with van der Waals surface area (Å²) in [7, 11) is 0. The van der Waals surface area contributed by atoms with E-state index in [4.69, 9.17) is 4.42 Å². The second kappa shape index (κ2) is 8.69. The maximum atomic E-state index is 13.3. The second-order valence-electron chi connectivity index (χ2n) is 7.69. The number of pyridine rings is 1. The van der Waals surface area contributed by atoms with Crippen molar-refractivity contribution >= 4 is 5.91 Å². The van der Waals surface area contributed by atoms with Gasteiger partial charge >= 0.3 is 0 Å². The quantitative estimate of drug-likeness (QED) is 0.671. The highest BCUT2D eigenvalue weighted by atomic mass is 19.2. The predicted molar refractivity (Wildman–Crippen MR) is 106 cm³/mol. The fourth-order valence-corrected chi connectivity index (χ4v) is 3.70. The molecule has 0 aliphatic heterocycles. The molecule has 0 bridgehead atoms. The van der Waals surface area contributed by atoms with Gasteiger partial charge in [-0.2, -0.15) is 0 Å². The van der Waals surface area contributed by atoms with Gasteiger partial charge in [0.15, 0.2) is 11.6 Å². The average Bonchev–Trinajstić information content (AvgIpc) is 3.25. The fourth-order valence-electron chi connectivity index (χ4n) is 3.70. The molecule has 1 aliphatic rings. The lowest BCUT2D eigenvalue weighted by molar-refractivity contribution is 0.0941. The van der Waals surface area contributed by atoms with Crippen molar-refractivity contribution in [1.29, 1.82) is 0 Å². The third-order valence-electron chi connectivity index (χ3n) is 5.53. The van der Waals surface area contributed by atoms with E-state index < -0.39 is 17.5 Å². The molecule has 0 radical (unpaired) electrons. The third-order valence-corrected chi connectivity index (χ3v) is 5.53. The number of carbonyl (C=O) groups excluding carboxylic acids is 1. The van der Waals surface area contributed by atoms with Gasteiger partial charge in [-0.1, -0.05) is 0 Å². The van der Waals surface area contributed by atoms with Gasteiger partial charge in [-0.3, -0.25) is 9.78 Å². The Morgan fingerprint density at radius 1 is 1.10 bits per heavy atom. The molecule has 3 aromatic rings. The number of nitrogens with zero attached hydrogens (tertiary/aromatic N) is 3. The lowest BCUT2D eigenvalue weighted by Gasteiger charge is -2.26. The zero-order valence-corrected chi connectivity index (χ0v) is 16.6. The number of benzene rings is 1. The average molecular weight is 412 g/mol. The van der Waals surface area contributed by atoms with Gasteiger partial charge < -0.3 is 9.73 Å². The van der Waals surface area contributed by atoms with Gasteiger partial charge in [0.1, 0.15) is 0 Å². The molecule has 1 fully saturated rings. The molecule has 0 unspecified atom stereocenters. The first kappa shape index (κ1) is 20.1. The summed E-state index contributed by atoms with van der Waals surface area (Å²) < 4.78 is 32.2. The molecule has 0 atom stereocenters. The van der Waals surface area contributed by atoms with E-state index in [0.717, 1.165) is 49.1 Å². The van der Waals surface area contributed by atoms with Crippen molar-refractivity contribution in [2.24, 2.45) is 5.92 Å². The third kappa shape index (κ3) is 4.53. The Morgan fingerprint density at radius 3 is 2.60 bits per heavy atom. The molecule has 30 heavy (non-hydrogen) atoms. The first-order valence-electron chi connectivity index (χ1n) is 9.99. The maximum Gasteiger partial charge on any atom is 0.251 e. The maximum absolute atomic E-state index is 13.3. The van der Waals surface area contributed by atoms with Crippen molar-refractivity contribution in [2.45, 2.75) is 38.5 Å². The second-order valence-corrected chi connectivity index (χ2v) is 7.69. The molecule has 2 heterocycles. The molecular weight excluding hydrogens is 390 g/mol. The molecule has 1 amide bonds. The van der Waals surface area contributed by atoms with Crippen molar-refractivity contribution < 1.29 is 18.0 Å². The number of hydrogen-bond donors (Lipinski definition) is 1. The van der Waals surface area contributed by atoms with E-state index >= 15 is 0 Å². The Balaban J connectivity index is 1.28. The highest BCUT2D eigenvalue weighted by Crippen LogP contribution is 2.35. The van der Waals surface area contributed by atoms with Crippen LogP contribution < -0.4 is 5.32 Å². The summed E-state index contributed by atoms with van der Waals surface area (Å²) in [5.41, 5.74) is 1.84. The molecule has 1 saturated carbocycles. The molecule has 1 aliphatic carbocycles. The summed E-state index contributed by atoms with van der Waals surface area (Å²) in [5, 5.41) is 11.2. The van der Waals surface area contributed by atoms with Crippen molar-refractivity contribution in [1.82, 2.24) is 20.5 Å². The van der Waals surface area contributed by atoms with E-state index in [1.165, 1.54) is 6.07 Å².